The van der Waals surface area contributed by atoms with Crippen LogP contribution in [0.5, 0.6) is 0 Å². The van der Waals surface area contributed by atoms with Crippen LogP contribution in [0.1, 0.15) is 45.2 Å². The molecule has 0 aliphatic heterocycles. The maximum Gasteiger partial charge on any atom is 0.138 e. The monoisotopic (exact) mass is 410 g/mol. The van der Waals surface area contributed by atoms with Gasteiger partial charge in [-0.25, -0.2) is 9.67 Å². The molecule has 1 aromatic carbocycles. The standard InChI is InChI=1S/C24H34N4O2/c1-17(18-6-9-21(10-7-18)28-16-25-15-26-28)27(4)12-22(29)14-30-13-19-5-8-20-11-23(19)24(20,2)3/h5-7,9-10,15-17,20,22-23,29H,8,11-14H2,1-4H3. The average Bonchev–Trinajstić information content (AvgIpc) is 3.28. The van der Waals surface area contributed by atoms with E-state index in [-0.39, 0.29) is 6.04 Å². The van der Waals surface area contributed by atoms with Crippen molar-refractivity contribution in [1.82, 2.24) is 19.7 Å². The molecule has 0 saturated heterocycles. The first kappa shape index (κ1) is 21.2. The molecule has 2 aromatic rings. The molecule has 4 unspecified atom stereocenters. The predicted molar refractivity (Wildman–Crippen MR) is 117 cm³/mol. The van der Waals surface area contributed by atoms with Crippen molar-refractivity contribution in [2.75, 3.05) is 26.8 Å². The summed E-state index contributed by atoms with van der Waals surface area (Å²) in [6.45, 7) is 8.50. The summed E-state index contributed by atoms with van der Waals surface area (Å²) in [6.07, 6.45) is 7.57. The fourth-order valence-corrected chi connectivity index (χ4v) is 5.00. The van der Waals surface area contributed by atoms with Crippen molar-refractivity contribution in [3.63, 3.8) is 0 Å². The molecule has 0 amide bonds. The van der Waals surface area contributed by atoms with Crippen molar-refractivity contribution < 1.29 is 9.84 Å². The van der Waals surface area contributed by atoms with Crippen LogP contribution in [-0.2, 0) is 4.74 Å². The Kier molecular flexibility index (Phi) is 6.09. The maximum absolute atomic E-state index is 10.5. The minimum Gasteiger partial charge on any atom is -0.389 e. The molecule has 0 radical (unpaired) electrons. The van der Waals surface area contributed by atoms with Crippen LogP contribution in [0, 0.1) is 17.3 Å². The second-order valence-electron chi connectivity index (χ2n) is 9.54. The summed E-state index contributed by atoms with van der Waals surface area (Å²) in [5, 5.41) is 14.6. The SMILES string of the molecule is CC(c1ccc(-n2cncn2)cc1)N(C)CC(O)COCC1=CCC2CC1C2(C)C. The number of hydrogen-bond acceptors (Lipinski definition) is 5. The second-order valence-corrected chi connectivity index (χ2v) is 9.54. The van der Waals surface area contributed by atoms with Gasteiger partial charge in [0.15, 0.2) is 0 Å². The van der Waals surface area contributed by atoms with E-state index in [4.69, 9.17) is 4.74 Å². The van der Waals surface area contributed by atoms with Crippen molar-refractivity contribution in [3.05, 3.63) is 54.1 Å². The Labute approximate surface area is 179 Å². The molecule has 6 heteroatoms. The van der Waals surface area contributed by atoms with Crippen LogP contribution in [0.2, 0.25) is 0 Å². The zero-order valence-electron chi connectivity index (χ0n) is 18.5. The third-order valence-corrected chi connectivity index (χ3v) is 7.38. The lowest BCUT2D eigenvalue weighted by Crippen LogP contribution is -2.48. The highest BCUT2D eigenvalue weighted by Crippen LogP contribution is 2.59. The van der Waals surface area contributed by atoms with Crippen molar-refractivity contribution in [3.8, 4) is 5.69 Å². The Morgan fingerprint density at radius 1 is 1.30 bits per heavy atom. The number of likely N-dealkylation sites (N-methyl/N-ethyl adjacent to an activating group) is 1. The molecule has 6 nitrogen and oxygen atoms in total. The van der Waals surface area contributed by atoms with Crippen LogP contribution >= 0.6 is 0 Å². The van der Waals surface area contributed by atoms with Gasteiger partial charge in [0.1, 0.15) is 12.7 Å². The van der Waals surface area contributed by atoms with Gasteiger partial charge in [-0.15, -0.1) is 0 Å². The number of ether oxygens (including phenoxy) is 1. The molecular formula is C24H34N4O2. The normalized spacial score (nSPS) is 24.3. The van der Waals surface area contributed by atoms with Crippen LogP contribution in [0.4, 0.5) is 0 Å². The fourth-order valence-electron chi connectivity index (χ4n) is 5.00. The van der Waals surface area contributed by atoms with E-state index in [9.17, 15) is 5.11 Å². The highest BCUT2D eigenvalue weighted by Gasteiger charge is 2.50. The van der Waals surface area contributed by atoms with Gasteiger partial charge in [0.2, 0.25) is 0 Å². The third-order valence-electron chi connectivity index (χ3n) is 7.38. The Balaban J connectivity index is 1.23. The second kappa shape index (κ2) is 8.61. The minimum absolute atomic E-state index is 0.193. The molecule has 1 saturated carbocycles. The van der Waals surface area contributed by atoms with Gasteiger partial charge >= 0.3 is 0 Å². The van der Waals surface area contributed by atoms with Gasteiger partial charge in [-0.3, -0.25) is 4.90 Å². The summed E-state index contributed by atoms with van der Waals surface area (Å²) in [4.78, 5) is 6.15. The molecule has 162 valence electrons. The van der Waals surface area contributed by atoms with Gasteiger partial charge < -0.3 is 9.84 Å². The number of rotatable bonds is 9. The molecule has 4 atom stereocenters. The van der Waals surface area contributed by atoms with Crippen LogP contribution < -0.4 is 0 Å². The highest BCUT2D eigenvalue weighted by atomic mass is 16.5. The number of allylic oxidation sites excluding steroid dienone is 1. The van der Waals surface area contributed by atoms with E-state index in [0.717, 1.165) is 11.6 Å². The minimum atomic E-state index is -0.502. The number of aliphatic hydroxyl groups is 1. The van der Waals surface area contributed by atoms with E-state index in [1.165, 1.54) is 30.3 Å². The summed E-state index contributed by atoms with van der Waals surface area (Å²) in [5.41, 5.74) is 4.04. The Morgan fingerprint density at radius 2 is 2.07 bits per heavy atom. The molecule has 0 spiro atoms. The van der Waals surface area contributed by atoms with E-state index < -0.39 is 6.10 Å². The quantitative estimate of drug-likeness (QED) is 0.640. The lowest BCUT2D eigenvalue weighted by molar-refractivity contribution is -0.0264. The molecular weight excluding hydrogens is 376 g/mol. The maximum atomic E-state index is 10.5. The number of aromatic nitrogens is 3. The van der Waals surface area contributed by atoms with Crippen molar-refractivity contribution >= 4 is 0 Å². The summed E-state index contributed by atoms with van der Waals surface area (Å²) in [7, 11) is 2.04. The number of hydrogen-bond donors (Lipinski definition) is 1. The molecule has 3 aliphatic carbocycles. The van der Waals surface area contributed by atoms with Gasteiger partial charge in [-0.05, 0) is 67.3 Å². The zero-order chi connectivity index (χ0) is 21.3. The third kappa shape index (κ3) is 4.22. The molecule has 30 heavy (non-hydrogen) atoms. The molecule has 1 aromatic heterocycles. The molecule has 1 N–H and O–H groups in total. The van der Waals surface area contributed by atoms with Crippen molar-refractivity contribution in [1.29, 1.82) is 0 Å². The number of aliphatic hydroxyl groups excluding tert-OH is 1. The molecule has 3 aliphatic rings. The van der Waals surface area contributed by atoms with Gasteiger partial charge in [-0.2, -0.15) is 5.10 Å². The van der Waals surface area contributed by atoms with Crippen LogP contribution in [0.25, 0.3) is 5.69 Å². The Hall–Kier alpha value is -2.02. The first-order chi connectivity index (χ1) is 14.4. The van der Waals surface area contributed by atoms with Gasteiger partial charge in [0.05, 0.1) is 25.0 Å². The van der Waals surface area contributed by atoms with E-state index in [1.54, 1.807) is 11.0 Å². The lowest BCUT2D eigenvalue weighted by atomic mass is 9.49. The van der Waals surface area contributed by atoms with E-state index in [0.29, 0.717) is 31.1 Å². The first-order valence-corrected chi connectivity index (χ1v) is 11.0. The van der Waals surface area contributed by atoms with E-state index >= 15 is 0 Å². The zero-order valence-corrected chi connectivity index (χ0v) is 18.5. The smallest absolute Gasteiger partial charge is 0.138 e. The highest BCUT2D eigenvalue weighted by molar-refractivity contribution is 5.34. The Bertz CT molecular complexity index is 860. The van der Waals surface area contributed by atoms with Crippen molar-refractivity contribution in [2.45, 2.75) is 45.8 Å². The Morgan fingerprint density at radius 3 is 2.70 bits per heavy atom. The predicted octanol–water partition coefficient (Wildman–Crippen LogP) is 3.63. The van der Waals surface area contributed by atoms with Crippen molar-refractivity contribution in [2.24, 2.45) is 17.3 Å². The summed E-state index contributed by atoms with van der Waals surface area (Å²) in [6, 6.07) is 8.48. The summed E-state index contributed by atoms with van der Waals surface area (Å²) >= 11 is 0. The molecule has 1 heterocycles. The van der Waals surface area contributed by atoms with Crippen LogP contribution in [-0.4, -0.2) is 57.7 Å². The number of benzene rings is 1. The summed E-state index contributed by atoms with van der Waals surface area (Å²) < 4.78 is 7.65. The van der Waals surface area contributed by atoms with Gasteiger partial charge in [0, 0.05) is 12.6 Å². The van der Waals surface area contributed by atoms with Crippen LogP contribution in [0.15, 0.2) is 48.6 Å². The van der Waals surface area contributed by atoms with Crippen LogP contribution in [0.3, 0.4) is 0 Å². The largest absolute Gasteiger partial charge is 0.389 e. The number of fused-ring (bicyclic) bond motifs is 1. The molecule has 2 bridgehead atoms. The molecule has 5 rings (SSSR count). The van der Waals surface area contributed by atoms with Gasteiger partial charge in [-0.1, -0.05) is 32.1 Å². The molecule has 1 fully saturated rings. The van der Waals surface area contributed by atoms with E-state index in [1.807, 2.05) is 19.2 Å². The first-order valence-electron chi connectivity index (χ1n) is 11.0. The topological polar surface area (TPSA) is 63.4 Å². The lowest BCUT2D eigenvalue weighted by Gasteiger charge is -2.56. The average molecular weight is 411 g/mol. The summed E-state index contributed by atoms with van der Waals surface area (Å²) in [5.74, 6) is 1.51. The van der Waals surface area contributed by atoms with E-state index in [2.05, 4.69) is 54.0 Å². The fraction of sp³-hybridized carbons (Fsp3) is 0.583. The van der Waals surface area contributed by atoms with Gasteiger partial charge in [0.25, 0.3) is 0 Å². The number of nitrogens with zero attached hydrogens (tertiary/aromatic N) is 4.